The fraction of sp³-hybridized carbons (Fsp3) is 1.00. The molecule has 0 fully saturated rings. The summed E-state index contributed by atoms with van der Waals surface area (Å²) in [5.74, 6) is 0.0301. The third-order valence-electron chi connectivity index (χ3n) is 2.94. The average molecular weight is 175 g/mol. The second-order valence-electron chi connectivity index (χ2n) is 4.63. The zero-order valence-electron chi connectivity index (χ0n) is 8.95. The maximum Gasteiger partial charge on any atom is 0.130 e. The van der Waals surface area contributed by atoms with E-state index in [1.54, 1.807) is 0 Å². The van der Waals surface area contributed by atoms with Crippen molar-refractivity contribution in [2.24, 2.45) is 17.1 Å². The first-order valence-corrected chi connectivity index (χ1v) is 4.68. The highest BCUT2D eigenvalue weighted by molar-refractivity contribution is 4.95. The van der Waals surface area contributed by atoms with Gasteiger partial charge in [0.15, 0.2) is 0 Å². The third-order valence-corrected chi connectivity index (χ3v) is 2.94. The van der Waals surface area contributed by atoms with Gasteiger partial charge in [-0.3, -0.25) is 0 Å². The molecule has 0 saturated carbocycles. The summed E-state index contributed by atoms with van der Waals surface area (Å²) in [6, 6.07) is 0. The Labute approximate surface area is 75.5 Å². The highest BCUT2D eigenvalue weighted by Crippen LogP contribution is 2.40. The van der Waals surface area contributed by atoms with Crippen LogP contribution in [0.2, 0.25) is 0 Å². The molecule has 2 N–H and O–H groups in total. The van der Waals surface area contributed by atoms with Gasteiger partial charge in [-0.15, -0.1) is 0 Å². The van der Waals surface area contributed by atoms with Crippen molar-refractivity contribution in [2.75, 3.05) is 6.54 Å². The Morgan fingerprint density at radius 1 is 1.33 bits per heavy atom. The van der Waals surface area contributed by atoms with Crippen LogP contribution in [0.25, 0.3) is 0 Å². The third kappa shape index (κ3) is 1.98. The SMILES string of the molecule is CCC(C)C(F)(CN)C(C)(C)C. The molecule has 74 valence electrons. The number of hydrogen-bond acceptors (Lipinski definition) is 1. The molecule has 2 atom stereocenters. The van der Waals surface area contributed by atoms with E-state index in [2.05, 4.69) is 0 Å². The van der Waals surface area contributed by atoms with Gasteiger partial charge in [0.25, 0.3) is 0 Å². The Hall–Kier alpha value is -0.110. The molecule has 0 aromatic heterocycles. The molecule has 12 heavy (non-hydrogen) atoms. The second-order valence-corrected chi connectivity index (χ2v) is 4.63. The number of nitrogens with two attached hydrogens (primary N) is 1. The van der Waals surface area contributed by atoms with Crippen LogP contribution in [0.3, 0.4) is 0 Å². The monoisotopic (exact) mass is 175 g/mol. The molecule has 0 spiro atoms. The van der Waals surface area contributed by atoms with E-state index in [0.29, 0.717) is 0 Å². The molecule has 0 amide bonds. The van der Waals surface area contributed by atoms with Crippen molar-refractivity contribution in [1.82, 2.24) is 0 Å². The van der Waals surface area contributed by atoms with E-state index in [-0.39, 0.29) is 17.9 Å². The van der Waals surface area contributed by atoms with Crippen LogP contribution < -0.4 is 5.73 Å². The van der Waals surface area contributed by atoms with E-state index in [4.69, 9.17) is 5.73 Å². The fourth-order valence-corrected chi connectivity index (χ4v) is 1.57. The molecule has 0 aromatic rings. The van der Waals surface area contributed by atoms with Crippen molar-refractivity contribution < 1.29 is 4.39 Å². The minimum Gasteiger partial charge on any atom is -0.327 e. The summed E-state index contributed by atoms with van der Waals surface area (Å²) < 4.78 is 14.3. The van der Waals surface area contributed by atoms with Crippen molar-refractivity contribution >= 4 is 0 Å². The van der Waals surface area contributed by atoms with Gasteiger partial charge in [-0.1, -0.05) is 41.0 Å². The van der Waals surface area contributed by atoms with Crippen LogP contribution >= 0.6 is 0 Å². The van der Waals surface area contributed by atoms with Gasteiger partial charge in [-0.2, -0.15) is 0 Å². The maximum atomic E-state index is 14.3. The first-order valence-electron chi connectivity index (χ1n) is 4.68. The molecular formula is C10H22FN. The quantitative estimate of drug-likeness (QED) is 0.701. The van der Waals surface area contributed by atoms with Gasteiger partial charge in [0, 0.05) is 6.54 Å². The van der Waals surface area contributed by atoms with E-state index in [9.17, 15) is 4.39 Å². The van der Waals surface area contributed by atoms with Crippen LogP contribution in [0.1, 0.15) is 41.0 Å². The lowest BCUT2D eigenvalue weighted by Gasteiger charge is -2.41. The summed E-state index contributed by atoms with van der Waals surface area (Å²) in [4.78, 5) is 0. The number of hydrogen-bond donors (Lipinski definition) is 1. The minimum atomic E-state index is -1.23. The largest absolute Gasteiger partial charge is 0.327 e. The maximum absolute atomic E-state index is 14.3. The summed E-state index contributed by atoms with van der Waals surface area (Å²) in [5, 5.41) is 0. The van der Waals surface area contributed by atoms with Gasteiger partial charge in [0.1, 0.15) is 5.67 Å². The summed E-state index contributed by atoms with van der Waals surface area (Å²) in [5.41, 5.74) is 3.90. The van der Waals surface area contributed by atoms with Crippen LogP contribution in [0.5, 0.6) is 0 Å². The van der Waals surface area contributed by atoms with Crippen LogP contribution in [0.4, 0.5) is 4.39 Å². The van der Waals surface area contributed by atoms with Gasteiger partial charge in [-0.25, -0.2) is 4.39 Å². The van der Waals surface area contributed by atoms with E-state index < -0.39 is 5.67 Å². The number of halogens is 1. The highest BCUT2D eigenvalue weighted by atomic mass is 19.1. The lowest BCUT2D eigenvalue weighted by Crippen LogP contribution is -2.50. The van der Waals surface area contributed by atoms with Gasteiger partial charge in [-0.05, 0) is 11.3 Å². The van der Waals surface area contributed by atoms with E-state index in [1.165, 1.54) is 0 Å². The topological polar surface area (TPSA) is 26.0 Å². The molecule has 0 rings (SSSR count). The molecular weight excluding hydrogens is 153 g/mol. The number of rotatable bonds is 3. The van der Waals surface area contributed by atoms with Crippen molar-refractivity contribution in [3.8, 4) is 0 Å². The Balaban J connectivity index is 4.67. The molecule has 1 nitrogen and oxygen atoms in total. The van der Waals surface area contributed by atoms with Gasteiger partial charge in [0.2, 0.25) is 0 Å². The second kappa shape index (κ2) is 3.73. The van der Waals surface area contributed by atoms with Crippen LogP contribution in [-0.4, -0.2) is 12.2 Å². The first kappa shape index (κ1) is 11.9. The Kier molecular flexibility index (Phi) is 3.70. The lowest BCUT2D eigenvalue weighted by atomic mass is 9.70. The minimum absolute atomic E-state index is 0.0301. The summed E-state index contributed by atoms with van der Waals surface area (Å²) in [7, 11) is 0. The van der Waals surface area contributed by atoms with Crippen molar-refractivity contribution in [3.63, 3.8) is 0 Å². The molecule has 0 aliphatic heterocycles. The van der Waals surface area contributed by atoms with Crippen LogP contribution in [0, 0.1) is 11.3 Å². The summed E-state index contributed by atoms with van der Waals surface area (Å²) in [6.07, 6.45) is 0.838. The first-order chi connectivity index (χ1) is 5.29. The molecule has 2 unspecified atom stereocenters. The average Bonchev–Trinajstić information content (AvgIpc) is 1.99. The molecule has 0 radical (unpaired) electrons. The number of alkyl halides is 1. The van der Waals surface area contributed by atoms with Crippen LogP contribution in [0.15, 0.2) is 0 Å². The zero-order valence-corrected chi connectivity index (χ0v) is 8.95. The smallest absolute Gasteiger partial charge is 0.130 e. The highest BCUT2D eigenvalue weighted by Gasteiger charge is 2.44. The fourth-order valence-electron chi connectivity index (χ4n) is 1.57. The molecule has 2 heteroatoms. The molecule has 0 saturated heterocycles. The molecule has 0 aromatic carbocycles. The summed E-state index contributed by atoms with van der Waals surface area (Å²) in [6.45, 7) is 9.77. The van der Waals surface area contributed by atoms with Gasteiger partial charge < -0.3 is 5.73 Å². The predicted octanol–water partition coefficient (Wildman–Crippen LogP) is 2.75. The standard InChI is InChI=1S/C10H22FN/c1-6-8(2)10(11,7-12)9(3,4)5/h8H,6-7,12H2,1-5H3. The molecule has 0 aliphatic rings. The van der Waals surface area contributed by atoms with Gasteiger partial charge >= 0.3 is 0 Å². The zero-order chi connectivity index (χ0) is 9.99. The van der Waals surface area contributed by atoms with Crippen molar-refractivity contribution in [2.45, 2.75) is 46.7 Å². The Morgan fingerprint density at radius 3 is 1.83 bits per heavy atom. The molecule has 0 bridgehead atoms. The van der Waals surface area contributed by atoms with E-state index >= 15 is 0 Å². The molecule has 0 aliphatic carbocycles. The summed E-state index contributed by atoms with van der Waals surface area (Å²) >= 11 is 0. The lowest BCUT2D eigenvalue weighted by molar-refractivity contribution is -0.0145. The normalized spacial score (nSPS) is 20.2. The predicted molar refractivity (Wildman–Crippen MR) is 51.8 cm³/mol. The molecule has 0 heterocycles. The Bertz CT molecular complexity index is 139. The van der Waals surface area contributed by atoms with E-state index in [1.807, 2.05) is 34.6 Å². The van der Waals surface area contributed by atoms with Gasteiger partial charge in [0.05, 0.1) is 0 Å². The van der Waals surface area contributed by atoms with E-state index in [0.717, 1.165) is 6.42 Å². The van der Waals surface area contributed by atoms with Crippen LogP contribution in [-0.2, 0) is 0 Å². The van der Waals surface area contributed by atoms with Crippen molar-refractivity contribution in [3.05, 3.63) is 0 Å². The van der Waals surface area contributed by atoms with Crippen molar-refractivity contribution in [1.29, 1.82) is 0 Å². The Morgan fingerprint density at radius 2 is 1.75 bits per heavy atom.